The van der Waals surface area contributed by atoms with E-state index in [2.05, 4.69) is 19.2 Å². The Kier molecular flexibility index (Phi) is 2.75. The smallest absolute Gasteiger partial charge is 0.223 e. The quantitative estimate of drug-likeness (QED) is 0.724. The highest BCUT2D eigenvalue weighted by atomic mass is 16.2. The van der Waals surface area contributed by atoms with E-state index < -0.39 is 0 Å². The van der Waals surface area contributed by atoms with E-state index >= 15 is 0 Å². The van der Waals surface area contributed by atoms with Gasteiger partial charge in [-0.25, -0.2) is 0 Å². The summed E-state index contributed by atoms with van der Waals surface area (Å²) in [4.78, 5) is 11.9. The first-order valence-corrected chi connectivity index (χ1v) is 6.08. The van der Waals surface area contributed by atoms with Gasteiger partial charge in [0.25, 0.3) is 0 Å². The second kappa shape index (κ2) is 3.78. The molecule has 0 heterocycles. The van der Waals surface area contributed by atoms with E-state index in [1.807, 2.05) is 0 Å². The number of hydrogen-bond acceptors (Lipinski definition) is 2. The fraction of sp³-hybridized carbons (Fsp3) is 0.917. The van der Waals surface area contributed by atoms with Crippen LogP contribution in [0.15, 0.2) is 0 Å². The first-order valence-electron chi connectivity index (χ1n) is 6.08. The Morgan fingerprint density at radius 3 is 2.60 bits per heavy atom. The number of rotatable bonds is 2. The Morgan fingerprint density at radius 2 is 2.07 bits per heavy atom. The summed E-state index contributed by atoms with van der Waals surface area (Å²) in [7, 11) is 0. The minimum atomic E-state index is 0.115. The van der Waals surface area contributed by atoms with Gasteiger partial charge in [0.05, 0.1) is 0 Å². The van der Waals surface area contributed by atoms with E-state index in [0.29, 0.717) is 5.92 Å². The summed E-state index contributed by atoms with van der Waals surface area (Å²) >= 11 is 0. The van der Waals surface area contributed by atoms with E-state index in [4.69, 9.17) is 5.73 Å². The van der Waals surface area contributed by atoms with Gasteiger partial charge in [-0.1, -0.05) is 6.92 Å². The highest BCUT2D eigenvalue weighted by Crippen LogP contribution is 2.36. The molecule has 2 aliphatic rings. The molecule has 3 nitrogen and oxygen atoms in total. The Hall–Kier alpha value is -0.570. The van der Waals surface area contributed by atoms with Gasteiger partial charge in [0.1, 0.15) is 0 Å². The molecule has 3 heteroatoms. The maximum Gasteiger partial charge on any atom is 0.223 e. The molecule has 0 aliphatic heterocycles. The predicted octanol–water partition coefficient (Wildman–Crippen LogP) is 1.42. The van der Waals surface area contributed by atoms with Crippen LogP contribution in [0.3, 0.4) is 0 Å². The lowest BCUT2D eigenvalue weighted by Crippen LogP contribution is -2.44. The van der Waals surface area contributed by atoms with Crippen molar-refractivity contribution in [2.24, 2.45) is 17.6 Å². The lowest BCUT2D eigenvalue weighted by Gasteiger charge is -2.31. The van der Waals surface area contributed by atoms with Crippen molar-refractivity contribution < 1.29 is 4.79 Å². The molecule has 2 fully saturated rings. The molecule has 0 spiro atoms. The summed E-state index contributed by atoms with van der Waals surface area (Å²) in [6, 6.07) is 0.210. The number of hydrogen-bond donors (Lipinski definition) is 2. The van der Waals surface area contributed by atoms with Gasteiger partial charge in [0, 0.05) is 17.5 Å². The molecule has 0 radical (unpaired) electrons. The van der Waals surface area contributed by atoms with Crippen LogP contribution in [0.5, 0.6) is 0 Å². The summed E-state index contributed by atoms with van der Waals surface area (Å²) < 4.78 is 0. The summed E-state index contributed by atoms with van der Waals surface area (Å²) in [6.45, 7) is 4.30. The van der Waals surface area contributed by atoms with Crippen LogP contribution in [0.1, 0.15) is 46.0 Å². The lowest BCUT2D eigenvalue weighted by atomic mass is 9.79. The largest absolute Gasteiger partial charge is 0.351 e. The van der Waals surface area contributed by atoms with Gasteiger partial charge in [-0.3, -0.25) is 4.79 Å². The standard InChI is InChI=1S/C12H22N2O/c1-8-3-4-9(7-10(8)13)11(15)14-12(2)5-6-12/h8-10H,3-7,13H2,1-2H3,(H,14,15). The van der Waals surface area contributed by atoms with Crippen molar-refractivity contribution in [1.29, 1.82) is 0 Å². The summed E-state index contributed by atoms with van der Waals surface area (Å²) in [5.74, 6) is 0.969. The van der Waals surface area contributed by atoms with Crippen LogP contribution in [-0.4, -0.2) is 17.5 Å². The average molecular weight is 210 g/mol. The van der Waals surface area contributed by atoms with Crippen LogP contribution in [0.25, 0.3) is 0 Å². The molecule has 3 atom stereocenters. The van der Waals surface area contributed by atoms with Gasteiger partial charge >= 0.3 is 0 Å². The van der Waals surface area contributed by atoms with E-state index in [0.717, 1.165) is 32.1 Å². The molecule has 2 saturated carbocycles. The van der Waals surface area contributed by atoms with E-state index in [-0.39, 0.29) is 23.4 Å². The van der Waals surface area contributed by atoms with Crippen LogP contribution >= 0.6 is 0 Å². The van der Waals surface area contributed by atoms with Gasteiger partial charge in [-0.05, 0) is 44.9 Å². The molecule has 1 amide bonds. The number of carbonyl (C=O) groups excluding carboxylic acids is 1. The fourth-order valence-electron chi connectivity index (χ4n) is 2.31. The minimum absolute atomic E-state index is 0.115. The molecular formula is C12H22N2O. The van der Waals surface area contributed by atoms with Crippen molar-refractivity contribution in [3.05, 3.63) is 0 Å². The third-order valence-corrected chi connectivity index (χ3v) is 4.05. The molecule has 0 bridgehead atoms. The molecule has 0 aromatic carbocycles. The molecular weight excluding hydrogens is 188 g/mol. The second-order valence-corrected chi connectivity index (χ2v) is 5.70. The zero-order valence-corrected chi connectivity index (χ0v) is 9.75. The number of carbonyl (C=O) groups is 1. The fourth-order valence-corrected chi connectivity index (χ4v) is 2.31. The molecule has 86 valence electrons. The second-order valence-electron chi connectivity index (χ2n) is 5.70. The molecule has 2 rings (SSSR count). The average Bonchev–Trinajstić information content (AvgIpc) is 2.88. The zero-order chi connectivity index (χ0) is 11.1. The Bertz CT molecular complexity index is 260. The Labute approximate surface area is 91.8 Å². The van der Waals surface area contributed by atoms with Crippen LogP contribution in [-0.2, 0) is 4.79 Å². The Morgan fingerprint density at radius 1 is 1.40 bits per heavy atom. The van der Waals surface area contributed by atoms with Gasteiger partial charge in [0.15, 0.2) is 0 Å². The lowest BCUT2D eigenvalue weighted by molar-refractivity contribution is -0.127. The normalized spacial score (nSPS) is 38.5. The molecule has 15 heavy (non-hydrogen) atoms. The first kappa shape index (κ1) is 10.9. The SMILES string of the molecule is CC1CCC(C(=O)NC2(C)CC2)CC1N. The monoisotopic (exact) mass is 210 g/mol. The highest BCUT2D eigenvalue weighted by molar-refractivity contribution is 5.80. The summed E-state index contributed by atoms with van der Waals surface area (Å²) in [6.07, 6.45) is 5.23. The van der Waals surface area contributed by atoms with Crippen molar-refractivity contribution in [2.75, 3.05) is 0 Å². The number of nitrogens with one attached hydrogen (secondary N) is 1. The van der Waals surface area contributed by atoms with Crippen molar-refractivity contribution in [1.82, 2.24) is 5.32 Å². The van der Waals surface area contributed by atoms with Crippen LogP contribution in [0.2, 0.25) is 0 Å². The topological polar surface area (TPSA) is 55.1 Å². The van der Waals surface area contributed by atoms with Gasteiger partial charge in [-0.2, -0.15) is 0 Å². The van der Waals surface area contributed by atoms with Gasteiger partial charge < -0.3 is 11.1 Å². The predicted molar refractivity (Wildman–Crippen MR) is 60.3 cm³/mol. The van der Waals surface area contributed by atoms with Crippen LogP contribution in [0.4, 0.5) is 0 Å². The van der Waals surface area contributed by atoms with E-state index in [1.54, 1.807) is 0 Å². The van der Waals surface area contributed by atoms with Crippen LogP contribution < -0.4 is 11.1 Å². The van der Waals surface area contributed by atoms with Gasteiger partial charge in [-0.15, -0.1) is 0 Å². The number of nitrogens with two attached hydrogens (primary N) is 1. The molecule has 2 aliphatic carbocycles. The zero-order valence-electron chi connectivity index (χ0n) is 9.75. The third-order valence-electron chi connectivity index (χ3n) is 4.05. The maximum absolute atomic E-state index is 11.9. The van der Waals surface area contributed by atoms with Crippen molar-refractivity contribution >= 4 is 5.91 Å². The van der Waals surface area contributed by atoms with Crippen LogP contribution in [0, 0.1) is 11.8 Å². The first-order chi connectivity index (χ1) is 7.00. The van der Waals surface area contributed by atoms with Crippen molar-refractivity contribution in [2.45, 2.75) is 57.5 Å². The maximum atomic E-state index is 11.9. The number of amides is 1. The van der Waals surface area contributed by atoms with E-state index in [9.17, 15) is 4.79 Å². The molecule has 0 aromatic heterocycles. The van der Waals surface area contributed by atoms with Gasteiger partial charge in [0.2, 0.25) is 5.91 Å². The van der Waals surface area contributed by atoms with Crippen molar-refractivity contribution in [3.63, 3.8) is 0 Å². The molecule has 3 N–H and O–H groups in total. The highest BCUT2D eigenvalue weighted by Gasteiger charge is 2.40. The summed E-state index contributed by atoms with van der Waals surface area (Å²) in [5.41, 5.74) is 6.12. The molecule has 0 aromatic rings. The van der Waals surface area contributed by atoms with Crippen molar-refractivity contribution in [3.8, 4) is 0 Å². The summed E-state index contributed by atoms with van der Waals surface area (Å²) in [5, 5.41) is 3.14. The molecule has 3 unspecified atom stereocenters. The third kappa shape index (κ3) is 2.51. The minimum Gasteiger partial charge on any atom is -0.351 e. The Balaban J connectivity index is 1.85. The van der Waals surface area contributed by atoms with E-state index in [1.165, 1.54) is 0 Å². The molecule has 0 saturated heterocycles.